The van der Waals surface area contributed by atoms with Gasteiger partial charge in [0.1, 0.15) is 23.5 Å². The predicted molar refractivity (Wildman–Crippen MR) is 100 cm³/mol. The van der Waals surface area contributed by atoms with Crippen molar-refractivity contribution >= 4 is 22.9 Å². The quantitative estimate of drug-likeness (QED) is 0.621. The molecule has 0 aliphatic heterocycles. The molecule has 6 nitrogen and oxygen atoms in total. The molecule has 0 fully saturated rings. The van der Waals surface area contributed by atoms with Gasteiger partial charge in [-0.25, -0.2) is 14.8 Å². The summed E-state index contributed by atoms with van der Waals surface area (Å²) in [5.41, 5.74) is 1.95. The Bertz CT molecular complexity index is 903. The number of aryl methyl sites for hydroxylation is 1. The summed E-state index contributed by atoms with van der Waals surface area (Å²) in [6.07, 6.45) is 1.47. The first-order valence-corrected chi connectivity index (χ1v) is 8.74. The first-order valence-electron chi connectivity index (χ1n) is 8.74. The maximum Gasteiger partial charge on any atom is 0.342 e. The highest BCUT2D eigenvalue weighted by Gasteiger charge is 2.26. The zero-order valence-corrected chi connectivity index (χ0v) is 15.5. The van der Waals surface area contributed by atoms with Crippen LogP contribution < -0.4 is 4.90 Å². The zero-order valence-electron chi connectivity index (χ0n) is 15.5. The van der Waals surface area contributed by atoms with E-state index in [0.29, 0.717) is 41.4 Å². The van der Waals surface area contributed by atoms with Gasteiger partial charge >= 0.3 is 5.97 Å². The predicted octanol–water partition coefficient (Wildman–Crippen LogP) is 4.12. The Kier molecular flexibility index (Phi) is 5.21. The van der Waals surface area contributed by atoms with Crippen molar-refractivity contribution in [2.45, 2.75) is 40.3 Å². The fourth-order valence-electron chi connectivity index (χ4n) is 2.98. The first-order chi connectivity index (χ1) is 12.5. The van der Waals surface area contributed by atoms with Crippen molar-refractivity contribution in [1.29, 1.82) is 0 Å². The second-order valence-electron chi connectivity index (χ2n) is 6.34. The number of carbonyl (C=O) groups excluding carboxylic acids is 1. The van der Waals surface area contributed by atoms with E-state index >= 15 is 0 Å². The molecule has 3 rings (SSSR count). The lowest BCUT2D eigenvalue weighted by Crippen LogP contribution is -2.31. The van der Waals surface area contributed by atoms with Crippen LogP contribution in [-0.4, -0.2) is 28.6 Å². The Morgan fingerprint density at radius 1 is 1.23 bits per heavy atom. The summed E-state index contributed by atoms with van der Waals surface area (Å²) in [5, 5.41) is 0.605. The van der Waals surface area contributed by atoms with Gasteiger partial charge in [0.25, 0.3) is 0 Å². The van der Waals surface area contributed by atoms with Crippen LogP contribution in [0.5, 0.6) is 0 Å². The molecule has 0 bridgehead atoms. The van der Waals surface area contributed by atoms with Gasteiger partial charge < -0.3 is 14.1 Å². The summed E-state index contributed by atoms with van der Waals surface area (Å²) in [5.74, 6) is 0.751. The summed E-state index contributed by atoms with van der Waals surface area (Å²) in [6, 6.07) is 10.3. The van der Waals surface area contributed by atoms with E-state index in [9.17, 15) is 4.79 Å². The number of anilines is 1. The maximum atomic E-state index is 12.5. The molecule has 0 aliphatic carbocycles. The summed E-state index contributed by atoms with van der Waals surface area (Å²) in [6.45, 7) is 8.67. The van der Waals surface area contributed by atoms with Crippen molar-refractivity contribution in [2.24, 2.45) is 0 Å². The van der Waals surface area contributed by atoms with E-state index in [2.05, 4.69) is 40.8 Å². The molecule has 0 saturated carbocycles. The minimum Gasteiger partial charge on any atom is -0.462 e. The van der Waals surface area contributed by atoms with E-state index in [1.807, 2.05) is 18.2 Å². The molecular weight excluding hydrogens is 330 g/mol. The van der Waals surface area contributed by atoms with Crippen LogP contribution in [0.2, 0.25) is 0 Å². The van der Waals surface area contributed by atoms with Crippen molar-refractivity contribution in [3.63, 3.8) is 0 Å². The van der Waals surface area contributed by atoms with Gasteiger partial charge in [-0.2, -0.15) is 0 Å². The largest absolute Gasteiger partial charge is 0.462 e. The Balaban J connectivity index is 2.14. The highest BCUT2D eigenvalue weighted by atomic mass is 16.5. The monoisotopic (exact) mass is 353 g/mol. The fraction of sp³-hybridized carbons (Fsp3) is 0.350. The summed E-state index contributed by atoms with van der Waals surface area (Å²) < 4.78 is 10.9. The molecule has 0 unspecified atom stereocenters. The molecule has 2 aromatic heterocycles. The average molecular weight is 353 g/mol. The third-order valence-corrected chi connectivity index (χ3v) is 4.22. The minimum atomic E-state index is -0.414. The molecular formula is C20H23N3O3. The summed E-state index contributed by atoms with van der Waals surface area (Å²) >= 11 is 0. The Morgan fingerprint density at radius 2 is 1.96 bits per heavy atom. The standard InChI is InChI=1S/C20H23N3O3/c1-5-25-20(24)16-14(4)26-19-17(16)18(21-12-22-19)23(13(2)3)11-15-9-7-6-8-10-15/h6-10,12-13H,5,11H2,1-4H3. The van der Waals surface area contributed by atoms with Crippen molar-refractivity contribution in [1.82, 2.24) is 9.97 Å². The number of carbonyl (C=O) groups is 1. The third-order valence-electron chi connectivity index (χ3n) is 4.22. The van der Waals surface area contributed by atoms with Crippen LogP contribution in [0.1, 0.15) is 42.5 Å². The van der Waals surface area contributed by atoms with E-state index in [-0.39, 0.29) is 6.04 Å². The normalized spacial score (nSPS) is 11.1. The second-order valence-corrected chi connectivity index (χ2v) is 6.34. The molecule has 1 aromatic carbocycles. The van der Waals surface area contributed by atoms with Crippen molar-refractivity contribution in [3.05, 3.63) is 53.5 Å². The van der Waals surface area contributed by atoms with E-state index in [4.69, 9.17) is 9.15 Å². The highest BCUT2D eigenvalue weighted by molar-refractivity contribution is 6.07. The van der Waals surface area contributed by atoms with E-state index in [1.54, 1.807) is 13.8 Å². The number of furan rings is 1. The van der Waals surface area contributed by atoms with Crippen LogP contribution in [-0.2, 0) is 11.3 Å². The van der Waals surface area contributed by atoms with Crippen LogP contribution in [0.3, 0.4) is 0 Å². The molecule has 3 aromatic rings. The topological polar surface area (TPSA) is 68.5 Å². The van der Waals surface area contributed by atoms with Gasteiger partial charge in [-0.3, -0.25) is 0 Å². The van der Waals surface area contributed by atoms with Gasteiger partial charge in [0.2, 0.25) is 5.71 Å². The van der Waals surface area contributed by atoms with Gasteiger partial charge in [-0.15, -0.1) is 0 Å². The highest BCUT2D eigenvalue weighted by Crippen LogP contribution is 2.33. The zero-order chi connectivity index (χ0) is 18.7. The van der Waals surface area contributed by atoms with Crippen LogP contribution in [0.25, 0.3) is 11.1 Å². The van der Waals surface area contributed by atoms with E-state index in [0.717, 1.165) is 5.56 Å². The number of esters is 1. The molecule has 136 valence electrons. The van der Waals surface area contributed by atoms with Crippen molar-refractivity contribution < 1.29 is 13.9 Å². The lowest BCUT2D eigenvalue weighted by molar-refractivity contribution is 0.0526. The number of rotatable bonds is 6. The molecule has 0 spiro atoms. The lowest BCUT2D eigenvalue weighted by atomic mass is 10.1. The first kappa shape index (κ1) is 17.9. The molecule has 0 radical (unpaired) electrons. The van der Waals surface area contributed by atoms with E-state index < -0.39 is 5.97 Å². The third kappa shape index (κ3) is 3.40. The number of nitrogens with zero attached hydrogens (tertiary/aromatic N) is 3. The van der Waals surface area contributed by atoms with Crippen LogP contribution in [0.4, 0.5) is 5.82 Å². The van der Waals surface area contributed by atoms with Gasteiger partial charge in [0.15, 0.2) is 0 Å². The van der Waals surface area contributed by atoms with Crippen molar-refractivity contribution in [3.8, 4) is 0 Å². The lowest BCUT2D eigenvalue weighted by Gasteiger charge is -2.28. The Labute approximate surface area is 152 Å². The van der Waals surface area contributed by atoms with Crippen molar-refractivity contribution in [2.75, 3.05) is 11.5 Å². The smallest absolute Gasteiger partial charge is 0.342 e. The van der Waals surface area contributed by atoms with Gasteiger partial charge in [0.05, 0.1) is 12.0 Å². The maximum absolute atomic E-state index is 12.5. The van der Waals surface area contributed by atoms with Gasteiger partial charge in [-0.05, 0) is 33.3 Å². The minimum absolute atomic E-state index is 0.165. The average Bonchev–Trinajstić information content (AvgIpc) is 2.96. The molecule has 0 N–H and O–H groups in total. The number of hydrogen-bond donors (Lipinski definition) is 0. The summed E-state index contributed by atoms with van der Waals surface area (Å²) in [4.78, 5) is 23.3. The number of benzene rings is 1. The van der Waals surface area contributed by atoms with E-state index in [1.165, 1.54) is 6.33 Å². The van der Waals surface area contributed by atoms with Crippen LogP contribution in [0, 0.1) is 6.92 Å². The number of aromatic nitrogens is 2. The number of hydrogen-bond acceptors (Lipinski definition) is 6. The second kappa shape index (κ2) is 7.56. The molecule has 0 aliphatic rings. The molecule has 0 saturated heterocycles. The molecule has 0 amide bonds. The van der Waals surface area contributed by atoms with Gasteiger partial charge in [-0.1, -0.05) is 30.3 Å². The molecule has 0 atom stereocenters. The Hall–Kier alpha value is -2.89. The fourth-order valence-corrected chi connectivity index (χ4v) is 2.98. The Morgan fingerprint density at radius 3 is 2.62 bits per heavy atom. The summed E-state index contributed by atoms with van der Waals surface area (Å²) in [7, 11) is 0. The SMILES string of the molecule is CCOC(=O)c1c(C)oc2ncnc(N(Cc3ccccc3)C(C)C)c12. The number of ether oxygens (including phenoxy) is 1. The molecule has 2 heterocycles. The number of fused-ring (bicyclic) bond motifs is 1. The molecule has 6 heteroatoms. The van der Waals surface area contributed by atoms with Crippen LogP contribution >= 0.6 is 0 Å². The van der Waals surface area contributed by atoms with Gasteiger partial charge in [0, 0.05) is 12.6 Å². The molecule has 26 heavy (non-hydrogen) atoms. The van der Waals surface area contributed by atoms with Crippen LogP contribution in [0.15, 0.2) is 41.1 Å².